The molecule has 1 saturated carbocycles. The zero-order valence-electron chi connectivity index (χ0n) is 14.4. The van der Waals surface area contributed by atoms with Gasteiger partial charge in [0.1, 0.15) is 0 Å². The van der Waals surface area contributed by atoms with E-state index >= 15 is 0 Å². The molecule has 0 heterocycles. The second-order valence-electron chi connectivity index (χ2n) is 7.13. The molecule has 0 spiro atoms. The third kappa shape index (κ3) is 3.69. The first-order valence-corrected chi connectivity index (χ1v) is 8.96. The van der Waals surface area contributed by atoms with Crippen LogP contribution in [0.2, 0.25) is 0 Å². The highest BCUT2D eigenvalue weighted by Gasteiger charge is 2.40. The van der Waals surface area contributed by atoms with Crippen LogP contribution in [-0.4, -0.2) is 6.54 Å². The van der Waals surface area contributed by atoms with Crippen LogP contribution in [0.25, 0.3) is 0 Å². The predicted octanol–water partition coefficient (Wildman–Crippen LogP) is 5.82. The Morgan fingerprint density at radius 2 is 1.57 bits per heavy atom. The molecule has 1 fully saturated rings. The van der Waals surface area contributed by atoms with Crippen LogP contribution in [0.5, 0.6) is 0 Å². The fourth-order valence-corrected chi connectivity index (χ4v) is 3.98. The number of rotatable bonds is 7. The lowest BCUT2D eigenvalue weighted by atomic mass is 9.73. The van der Waals surface area contributed by atoms with E-state index in [0.29, 0.717) is 17.4 Å². The average molecular weight is 287 g/mol. The molecule has 1 nitrogen and oxygen atoms in total. The molecule has 0 bridgehead atoms. The van der Waals surface area contributed by atoms with E-state index in [1.807, 2.05) is 0 Å². The van der Waals surface area contributed by atoms with E-state index in [1.165, 1.54) is 49.7 Å². The van der Waals surface area contributed by atoms with Crippen LogP contribution >= 0.6 is 0 Å². The molecule has 1 unspecified atom stereocenters. The van der Waals surface area contributed by atoms with Crippen molar-refractivity contribution in [2.45, 2.75) is 78.2 Å². The lowest BCUT2D eigenvalue weighted by Crippen LogP contribution is -2.36. The molecular weight excluding hydrogens is 254 g/mol. The largest absolute Gasteiger partial charge is 0.309 e. The van der Waals surface area contributed by atoms with Crippen molar-refractivity contribution >= 4 is 0 Å². The minimum absolute atomic E-state index is 0.481. The van der Waals surface area contributed by atoms with Crippen LogP contribution in [0.15, 0.2) is 24.3 Å². The lowest BCUT2D eigenvalue weighted by molar-refractivity contribution is 0.187. The number of hydrogen-bond donors (Lipinski definition) is 1. The van der Waals surface area contributed by atoms with Gasteiger partial charge in [-0.25, -0.2) is 0 Å². The van der Waals surface area contributed by atoms with Crippen LogP contribution in [0.1, 0.15) is 89.3 Å². The van der Waals surface area contributed by atoms with Crippen LogP contribution in [-0.2, 0) is 0 Å². The summed E-state index contributed by atoms with van der Waals surface area (Å²) >= 11 is 0. The molecular formula is C20H33N. The second-order valence-corrected chi connectivity index (χ2v) is 7.13. The molecule has 0 aliphatic heterocycles. The molecule has 0 saturated heterocycles. The topological polar surface area (TPSA) is 12.0 Å². The second kappa shape index (κ2) is 7.45. The Labute approximate surface area is 131 Å². The summed E-state index contributed by atoms with van der Waals surface area (Å²) in [6.07, 6.45) is 8.08. The summed E-state index contributed by atoms with van der Waals surface area (Å²) in [5, 5.41) is 3.87. The van der Waals surface area contributed by atoms with Crippen LogP contribution < -0.4 is 5.32 Å². The minimum atomic E-state index is 0.481. The van der Waals surface area contributed by atoms with E-state index < -0.39 is 0 Å². The smallest absolute Gasteiger partial charge is 0.0377 e. The van der Waals surface area contributed by atoms with E-state index in [-0.39, 0.29) is 0 Å². The van der Waals surface area contributed by atoms with Crippen molar-refractivity contribution in [3.8, 4) is 0 Å². The molecule has 1 N–H and O–H groups in total. The Kier molecular flexibility index (Phi) is 5.87. The molecule has 118 valence electrons. The van der Waals surface area contributed by atoms with Gasteiger partial charge in [0.15, 0.2) is 0 Å². The zero-order chi connectivity index (χ0) is 15.3. The summed E-state index contributed by atoms with van der Waals surface area (Å²) in [6, 6.07) is 9.94. The predicted molar refractivity (Wildman–Crippen MR) is 92.8 cm³/mol. The van der Waals surface area contributed by atoms with E-state index in [1.54, 1.807) is 0 Å². The van der Waals surface area contributed by atoms with Crippen molar-refractivity contribution in [1.29, 1.82) is 0 Å². The summed E-state index contributed by atoms with van der Waals surface area (Å²) in [6.45, 7) is 10.3. The molecule has 0 amide bonds. The molecule has 1 aliphatic carbocycles. The molecule has 21 heavy (non-hydrogen) atoms. The molecule has 1 aromatic carbocycles. The summed E-state index contributed by atoms with van der Waals surface area (Å²) in [7, 11) is 0. The molecule has 1 aromatic rings. The third-order valence-electron chi connectivity index (χ3n) is 5.45. The summed E-state index contributed by atoms with van der Waals surface area (Å²) in [5.74, 6) is 0.618. The zero-order valence-corrected chi connectivity index (χ0v) is 14.4. The highest BCUT2D eigenvalue weighted by Crippen LogP contribution is 2.50. The molecule has 0 radical (unpaired) electrons. The molecule has 1 atom stereocenters. The number of hydrogen-bond acceptors (Lipinski definition) is 1. The third-order valence-corrected chi connectivity index (χ3v) is 5.45. The van der Waals surface area contributed by atoms with Crippen molar-refractivity contribution in [3.05, 3.63) is 35.4 Å². The normalized spacial score (nSPS) is 19.1. The van der Waals surface area contributed by atoms with Crippen molar-refractivity contribution in [1.82, 2.24) is 5.32 Å². The fraction of sp³-hybridized carbons (Fsp3) is 0.700. The van der Waals surface area contributed by atoms with Gasteiger partial charge >= 0.3 is 0 Å². The van der Waals surface area contributed by atoms with Gasteiger partial charge in [0.25, 0.3) is 0 Å². The maximum absolute atomic E-state index is 3.87. The van der Waals surface area contributed by atoms with Gasteiger partial charge in [-0.15, -0.1) is 0 Å². The van der Waals surface area contributed by atoms with Crippen LogP contribution in [0.4, 0.5) is 0 Å². The standard InChI is InChI=1S/C20H33N/c1-5-15-21-19(20(6-2)13-7-8-14-20)18-11-9-17(10-12-18)16(3)4/h9-12,16,19,21H,5-8,13-15H2,1-4H3. The Balaban J connectivity index is 2.26. The van der Waals surface area contributed by atoms with Gasteiger partial charge in [-0.3, -0.25) is 0 Å². The summed E-state index contributed by atoms with van der Waals surface area (Å²) in [5.41, 5.74) is 3.43. The number of benzene rings is 1. The Hall–Kier alpha value is -0.820. The molecule has 0 aromatic heterocycles. The van der Waals surface area contributed by atoms with Crippen molar-refractivity contribution in [3.63, 3.8) is 0 Å². The highest BCUT2D eigenvalue weighted by atomic mass is 14.9. The highest BCUT2D eigenvalue weighted by molar-refractivity contribution is 5.28. The first-order valence-electron chi connectivity index (χ1n) is 8.96. The van der Waals surface area contributed by atoms with Crippen LogP contribution in [0.3, 0.4) is 0 Å². The minimum Gasteiger partial charge on any atom is -0.309 e. The van der Waals surface area contributed by atoms with E-state index in [9.17, 15) is 0 Å². The Morgan fingerprint density at radius 3 is 2.05 bits per heavy atom. The first-order chi connectivity index (χ1) is 10.1. The van der Waals surface area contributed by atoms with Gasteiger partial charge in [-0.05, 0) is 54.7 Å². The van der Waals surface area contributed by atoms with Crippen LogP contribution in [0, 0.1) is 5.41 Å². The van der Waals surface area contributed by atoms with Gasteiger partial charge in [0.2, 0.25) is 0 Å². The van der Waals surface area contributed by atoms with E-state index in [0.717, 1.165) is 6.54 Å². The quantitative estimate of drug-likeness (QED) is 0.666. The maximum Gasteiger partial charge on any atom is 0.0377 e. The molecule has 2 rings (SSSR count). The Morgan fingerprint density at radius 1 is 1.00 bits per heavy atom. The molecule has 1 aliphatic rings. The van der Waals surface area contributed by atoms with Gasteiger partial charge in [0, 0.05) is 6.04 Å². The Bertz CT molecular complexity index is 412. The lowest BCUT2D eigenvalue weighted by Gasteiger charge is -2.38. The maximum atomic E-state index is 3.87. The van der Waals surface area contributed by atoms with Crippen molar-refractivity contribution in [2.24, 2.45) is 5.41 Å². The fourth-order valence-electron chi connectivity index (χ4n) is 3.98. The molecule has 1 heteroatoms. The van der Waals surface area contributed by atoms with Crippen molar-refractivity contribution in [2.75, 3.05) is 6.54 Å². The number of nitrogens with one attached hydrogen (secondary N) is 1. The first kappa shape index (κ1) is 16.5. The van der Waals surface area contributed by atoms with Crippen molar-refractivity contribution < 1.29 is 0 Å². The summed E-state index contributed by atoms with van der Waals surface area (Å²) in [4.78, 5) is 0. The van der Waals surface area contributed by atoms with Gasteiger partial charge in [0.05, 0.1) is 0 Å². The monoisotopic (exact) mass is 287 g/mol. The van der Waals surface area contributed by atoms with E-state index in [4.69, 9.17) is 0 Å². The SMILES string of the molecule is CCCNC(c1ccc(C(C)C)cc1)C1(CC)CCCC1. The van der Waals surface area contributed by atoms with E-state index in [2.05, 4.69) is 57.3 Å². The summed E-state index contributed by atoms with van der Waals surface area (Å²) < 4.78 is 0. The average Bonchev–Trinajstić information content (AvgIpc) is 2.98. The van der Waals surface area contributed by atoms with Gasteiger partial charge in [-0.2, -0.15) is 0 Å². The van der Waals surface area contributed by atoms with Gasteiger partial charge in [-0.1, -0.05) is 64.8 Å². The van der Waals surface area contributed by atoms with Gasteiger partial charge < -0.3 is 5.32 Å².